The Labute approximate surface area is 189 Å². The van der Waals surface area contributed by atoms with Crippen molar-refractivity contribution in [1.29, 1.82) is 0 Å². The summed E-state index contributed by atoms with van der Waals surface area (Å²) in [6.45, 7) is 1.73. The van der Waals surface area contributed by atoms with Gasteiger partial charge in [-0.3, -0.25) is 0 Å². The highest BCUT2D eigenvalue weighted by molar-refractivity contribution is 9.10. The number of rotatable bonds is 6. The van der Waals surface area contributed by atoms with E-state index in [2.05, 4.69) is 36.2 Å². The lowest BCUT2D eigenvalue weighted by Gasteiger charge is -2.22. The Bertz CT molecular complexity index is 1040. The Balaban J connectivity index is 0.00000320. The third-order valence-corrected chi connectivity index (χ3v) is 4.66. The first-order valence-corrected chi connectivity index (χ1v) is 9.66. The molecule has 162 valence electrons. The minimum atomic E-state index is -4.57. The predicted molar refractivity (Wildman–Crippen MR) is 115 cm³/mol. The summed E-state index contributed by atoms with van der Waals surface area (Å²) < 4.78 is 46.3. The molecule has 0 fully saturated rings. The zero-order chi connectivity index (χ0) is 21.2. The lowest BCUT2D eigenvalue weighted by molar-refractivity contribution is -0.139. The van der Waals surface area contributed by atoms with Gasteiger partial charge in [0, 0.05) is 17.5 Å². The number of hydrogen-bond donors (Lipinski definition) is 2. The lowest BCUT2D eigenvalue weighted by Crippen LogP contribution is -2.18. The molecule has 3 aromatic rings. The van der Waals surface area contributed by atoms with E-state index in [1.165, 1.54) is 12.3 Å². The number of para-hydroxylation sites is 1. The van der Waals surface area contributed by atoms with Gasteiger partial charge in [-0.2, -0.15) is 13.2 Å². The zero-order valence-electron chi connectivity index (χ0n) is 15.5. The molecule has 0 bridgehead atoms. The molecule has 1 atom stereocenters. The maximum Gasteiger partial charge on any atom is 0.419 e. The molecular formula is C18H17BrCl2F3N5O. The van der Waals surface area contributed by atoms with Crippen LogP contribution in [0.1, 0.15) is 24.1 Å². The van der Waals surface area contributed by atoms with E-state index in [1.807, 2.05) is 0 Å². The van der Waals surface area contributed by atoms with Crippen molar-refractivity contribution in [2.24, 2.45) is 5.73 Å². The molecular weight excluding hydrogens is 510 g/mol. The van der Waals surface area contributed by atoms with Crippen molar-refractivity contribution in [3.05, 3.63) is 51.5 Å². The van der Waals surface area contributed by atoms with Crippen LogP contribution in [-0.2, 0) is 6.18 Å². The normalized spacial score (nSPS) is 12.4. The molecule has 3 rings (SSSR count). The lowest BCUT2D eigenvalue weighted by atomic mass is 10.0. The van der Waals surface area contributed by atoms with Crippen LogP contribution in [0.4, 0.5) is 19.0 Å². The maximum absolute atomic E-state index is 13.5. The van der Waals surface area contributed by atoms with E-state index >= 15 is 0 Å². The van der Waals surface area contributed by atoms with E-state index < -0.39 is 17.8 Å². The van der Waals surface area contributed by atoms with Crippen molar-refractivity contribution in [3.63, 3.8) is 0 Å². The molecule has 2 heterocycles. The summed E-state index contributed by atoms with van der Waals surface area (Å²) >= 11 is 9.27. The fraction of sp³-hybridized carbons (Fsp3) is 0.278. The largest absolute Gasteiger partial charge is 0.491 e. The van der Waals surface area contributed by atoms with Gasteiger partial charge < -0.3 is 15.8 Å². The molecule has 0 aliphatic rings. The number of aromatic nitrogens is 3. The molecule has 1 aromatic carbocycles. The highest BCUT2D eigenvalue weighted by Gasteiger charge is 2.36. The number of hydrogen-bond acceptors (Lipinski definition) is 6. The highest BCUT2D eigenvalue weighted by Crippen LogP contribution is 2.41. The van der Waals surface area contributed by atoms with E-state index in [0.29, 0.717) is 26.9 Å². The topological polar surface area (TPSA) is 86.0 Å². The van der Waals surface area contributed by atoms with Gasteiger partial charge in [-0.05, 0) is 46.6 Å². The Hall–Kier alpha value is -1.88. The van der Waals surface area contributed by atoms with Crippen LogP contribution in [0.3, 0.4) is 0 Å². The zero-order valence-corrected chi connectivity index (χ0v) is 18.7. The summed E-state index contributed by atoms with van der Waals surface area (Å²) in [6, 6.07) is 4.96. The van der Waals surface area contributed by atoms with Gasteiger partial charge in [-0.1, -0.05) is 12.1 Å². The summed E-state index contributed by atoms with van der Waals surface area (Å²) in [4.78, 5) is 12.4. The first-order chi connectivity index (χ1) is 13.7. The van der Waals surface area contributed by atoms with Gasteiger partial charge in [0.1, 0.15) is 22.8 Å². The first-order valence-electron chi connectivity index (χ1n) is 8.49. The summed E-state index contributed by atoms with van der Waals surface area (Å²) in [6.07, 6.45) is -3.05. The maximum atomic E-state index is 13.5. The molecule has 0 radical (unpaired) electrons. The summed E-state index contributed by atoms with van der Waals surface area (Å²) in [7, 11) is 0. The van der Waals surface area contributed by atoms with Crippen LogP contribution < -0.4 is 15.8 Å². The number of nitrogens with zero attached hydrogens (tertiary/aromatic N) is 3. The second-order valence-corrected chi connectivity index (χ2v) is 7.24. The molecule has 3 N–H and O–H groups in total. The molecule has 0 saturated heterocycles. The third kappa shape index (κ3) is 5.42. The van der Waals surface area contributed by atoms with E-state index in [1.54, 1.807) is 19.1 Å². The number of anilines is 1. The molecule has 0 aliphatic heterocycles. The highest BCUT2D eigenvalue weighted by atomic mass is 79.9. The van der Waals surface area contributed by atoms with Crippen molar-refractivity contribution in [3.8, 4) is 5.75 Å². The summed E-state index contributed by atoms with van der Waals surface area (Å²) in [5.41, 5.74) is 5.35. The number of halogens is 6. The van der Waals surface area contributed by atoms with E-state index in [9.17, 15) is 13.2 Å². The summed E-state index contributed by atoms with van der Waals surface area (Å²) in [5.74, 6) is 0.0931. The Morgan fingerprint density at radius 2 is 2.03 bits per heavy atom. The minimum Gasteiger partial charge on any atom is -0.491 e. The Kier molecular flexibility index (Phi) is 8.09. The first kappa shape index (κ1) is 24.4. The van der Waals surface area contributed by atoms with Crippen LogP contribution in [0.5, 0.6) is 5.75 Å². The average molecular weight is 527 g/mol. The fourth-order valence-electron chi connectivity index (χ4n) is 2.81. The van der Waals surface area contributed by atoms with Crippen LogP contribution >= 0.6 is 39.9 Å². The SMILES string of the molecule is C[C@@H](Nc1nc(Cl)nc2cnc(Br)cc12)c1cccc(C(F)(F)F)c1OCCN.Cl. The smallest absolute Gasteiger partial charge is 0.419 e. The third-order valence-electron chi connectivity index (χ3n) is 4.06. The van der Waals surface area contributed by atoms with Gasteiger partial charge in [0.05, 0.1) is 23.3 Å². The molecule has 0 spiro atoms. The minimum absolute atomic E-state index is 0. The molecule has 2 aromatic heterocycles. The van der Waals surface area contributed by atoms with Gasteiger partial charge >= 0.3 is 6.18 Å². The van der Waals surface area contributed by atoms with Gasteiger partial charge in [0.15, 0.2) is 0 Å². The van der Waals surface area contributed by atoms with Crippen molar-refractivity contribution < 1.29 is 17.9 Å². The van der Waals surface area contributed by atoms with Crippen molar-refractivity contribution in [1.82, 2.24) is 15.0 Å². The van der Waals surface area contributed by atoms with Crippen LogP contribution in [0.2, 0.25) is 5.28 Å². The molecule has 0 unspecified atom stereocenters. The molecule has 0 saturated carbocycles. The average Bonchev–Trinajstić information content (AvgIpc) is 2.65. The van der Waals surface area contributed by atoms with E-state index in [0.717, 1.165) is 6.07 Å². The van der Waals surface area contributed by atoms with Crippen LogP contribution in [0.25, 0.3) is 10.9 Å². The molecule has 12 heteroatoms. The quantitative estimate of drug-likeness (QED) is 0.331. The van der Waals surface area contributed by atoms with Gasteiger partial charge in [0.25, 0.3) is 0 Å². The Morgan fingerprint density at radius 3 is 2.70 bits per heavy atom. The van der Waals surface area contributed by atoms with Crippen LogP contribution in [-0.4, -0.2) is 28.1 Å². The van der Waals surface area contributed by atoms with E-state index in [4.69, 9.17) is 22.1 Å². The number of benzene rings is 1. The second-order valence-electron chi connectivity index (χ2n) is 6.09. The monoisotopic (exact) mass is 525 g/mol. The molecule has 6 nitrogen and oxygen atoms in total. The van der Waals surface area contributed by atoms with Crippen molar-refractivity contribution >= 4 is 56.7 Å². The number of nitrogens with one attached hydrogen (secondary N) is 1. The standard InChI is InChI=1S/C18H16BrClF3N5O.ClH/c1-9(10-3-2-4-12(18(21,22)23)15(10)29-6-5-24)26-16-11-7-14(19)25-8-13(11)27-17(20)28-16;/h2-4,7-9H,5-6,24H2,1H3,(H,26,27,28);1H/t9-;/m1./s1. The number of alkyl halides is 3. The predicted octanol–water partition coefficient (Wildman–Crippen LogP) is 5.39. The van der Waals surface area contributed by atoms with Gasteiger partial charge in [-0.25, -0.2) is 15.0 Å². The summed E-state index contributed by atoms with van der Waals surface area (Å²) in [5, 5.41) is 3.70. The number of pyridine rings is 1. The van der Waals surface area contributed by atoms with Crippen molar-refractivity contribution in [2.45, 2.75) is 19.1 Å². The molecule has 30 heavy (non-hydrogen) atoms. The molecule has 0 amide bonds. The van der Waals surface area contributed by atoms with Crippen molar-refractivity contribution in [2.75, 3.05) is 18.5 Å². The Morgan fingerprint density at radius 1 is 1.30 bits per heavy atom. The molecule has 0 aliphatic carbocycles. The fourth-order valence-corrected chi connectivity index (χ4v) is 3.32. The van der Waals surface area contributed by atoms with E-state index in [-0.39, 0.29) is 36.6 Å². The second kappa shape index (κ2) is 9.95. The van der Waals surface area contributed by atoms with Crippen LogP contribution in [0.15, 0.2) is 35.1 Å². The van der Waals surface area contributed by atoms with Gasteiger partial charge in [0.2, 0.25) is 5.28 Å². The number of fused-ring (bicyclic) bond motifs is 1. The van der Waals surface area contributed by atoms with Crippen LogP contribution in [0, 0.1) is 0 Å². The number of ether oxygens (including phenoxy) is 1. The van der Waals surface area contributed by atoms with Gasteiger partial charge in [-0.15, -0.1) is 12.4 Å². The number of nitrogens with two attached hydrogens (primary N) is 1.